The van der Waals surface area contributed by atoms with E-state index in [1.807, 2.05) is 0 Å². The lowest BCUT2D eigenvalue weighted by Crippen LogP contribution is -2.15. The lowest BCUT2D eigenvalue weighted by molar-refractivity contribution is 0.102. The molecule has 0 atom stereocenters. The zero-order chi connectivity index (χ0) is 21.1. The first-order valence-electron chi connectivity index (χ1n) is 8.29. The summed E-state index contributed by atoms with van der Waals surface area (Å²) in [5.41, 5.74) is -0.737. The Balaban J connectivity index is 1.97. The molecule has 0 aliphatic rings. The number of aromatic nitrogens is 2. The van der Waals surface area contributed by atoms with Crippen LogP contribution in [0.5, 0.6) is 0 Å². The minimum Gasteiger partial charge on any atom is -0.288 e. The van der Waals surface area contributed by atoms with Crippen LogP contribution in [0, 0.1) is 17.5 Å². The van der Waals surface area contributed by atoms with E-state index in [2.05, 4.69) is 14.7 Å². The van der Waals surface area contributed by atoms with Crippen molar-refractivity contribution in [3.05, 3.63) is 69.8 Å². The summed E-state index contributed by atoms with van der Waals surface area (Å²) in [6.07, 6.45) is 1.34. The van der Waals surface area contributed by atoms with E-state index >= 15 is 0 Å². The molecule has 11 heteroatoms. The van der Waals surface area contributed by atoms with E-state index in [1.165, 1.54) is 24.4 Å². The van der Waals surface area contributed by atoms with Gasteiger partial charge in [0.25, 0.3) is 0 Å². The predicted molar refractivity (Wildman–Crippen MR) is 101 cm³/mol. The van der Waals surface area contributed by atoms with Crippen LogP contribution in [-0.4, -0.2) is 30.7 Å². The molecule has 152 valence electrons. The smallest absolute Gasteiger partial charge is 0.201 e. The Labute approximate surface area is 169 Å². The monoisotopic (exact) mass is 443 g/mol. The molecule has 29 heavy (non-hydrogen) atoms. The molecule has 3 aromatic rings. The van der Waals surface area contributed by atoms with Gasteiger partial charge < -0.3 is 0 Å². The number of ketones is 1. The minimum absolute atomic E-state index is 0.00940. The van der Waals surface area contributed by atoms with Crippen molar-refractivity contribution < 1.29 is 26.4 Å². The van der Waals surface area contributed by atoms with Crippen molar-refractivity contribution in [3.63, 3.8) is 0 Å². The lowest BCUT2D eigenvalue weighted by Gasteiger charge is -2.11. The largest absolute Gasteiger partial charge is 0.288 e. The summed E-state index contributed by atoms with van der Waals surface area (Å²) in [5, 5.41) is 0.0703. The predicted octanol–water partition coefficient (Wildman–Crippen LogP) is 2.98. The van der Waals surface area contributed by atoms with Gasteiger partial charge in [-0.1, -0.05) is 11.6 Å². The standard InChI is InChI=1S/C18H13ClF3N3O3S/c19-14-8-23-12-4-3-10(7-13(12)25-14)18(26)15-16(21)9(6-11(20)17(15)22)2-1-5-24-29(27)28/h3-4,6-8,29H,1-2,5H2,(H,24,27,28). The molecule has 3 rings (SSSR count). The van der Waals surface area contributed by atoms with E-state index in [1.54, 1.807) is 0 Å². The summed E-state index contributed by atoms with van der Waals surface area (Å²) in [4.78, 5) is 20.7. The number of hydrogen-bond acceptors (Lipinski definition) is 5. The normalized spacial score (nSPS) is 11.3. The second-order valence-corrected chi connectivity index (χ2v) is 7.23. The fourth-order valence-corrected chi connectivity index (χ4v) is 3.24. The van der Waals surface area contributed by atoms with Crippen LogP contribution >= 0.6 is 11.6 Å². The van der Waals surface area contributed by atoms with Crippen molar-refractivity contribution in [1.82, 2.24) is 14.7 Å². The van der Waals surface area contributed by atoms with Crippen LogP contribution in [0.1, 0.15) is 27.9 Å². The SMILES string of the molecule is O=C(c1ccc2ncc(Cl)nc2c1)c1c(F)c(F)cc(CCCN[SH](=O)=O)c1F. The van der Waals surface area contributed by atoms with E-state index in [0.29, 0.717) is 11.6 Å². The maximum atomic E-state index is 14.8. The van der Waals surface area contributed by atoms with Gasteiger partial charge in [-0.3, -0.25) is 9.78 Å². The third kappa shape index (κ3) is 4.72. The van der Waals surface area contributed by atoms with Crippen molar-refractivity contribution in [1.29, 1.82) is 0 Å². The number of fused-ring (bicyclic) bond motifs is 1. The van der Waals surface area contributed by atoms with Gasteiger partial charge >= 0.3 is 0 Å². The van der Waals surface area contributed by atoms with Crippen molar-refractivity contribution in [3.8, 4) is 0 Å². The molecule has 0 aliphatic carbocycles. The second-order valence-electron chi connectivity index (χ2n) is 6.01. The first kappa shape index (κ1) is 21.2. The fourth-order valence-electron chi connectivity index (χ4n) is 2.76. The molecule has 0 unspecified atom stereocenters. The molecule has 0 bridgehead atoms. The third-order valence-corrected chi connectivity index (χ3v) is 4.76. The summed E-state index contributed by atoms with van der Waals surface area (Å²) >= 11 is 5.77. The molecule has 0 saturated heterocycles. The van der Waals surface area contributed by atoms with Crippen LogP contribution in [0.25, 0.3) is 11.0 Å². The Bertz CT molecular complexity index is 1180. The number of nitrogens with one attached hydrogen (secondary N) is 1. The van der Waals surface area contributed by atoms with Gasteiger partial charge in [0, 0.05) is 12.1 Å². The van der Waals surface area contributed by atoms with Gasteiger partial charge in [0.15, 0.2) is 17.4 Å². The number of benzene rings is 2. The number of carbonyl (C=O) groups is 1. The summed E-state index contributed by atoms with van der Waals surface area (Å²) in [5.74, 6) is -5.24. The highest BCUT2D eigenvalue weighted by Gasteiger charge is 2.25. The van der Waals surface area contributed by atoms with Crippen LogP contribution in [0.4, 0.5) is 13.2 Å². The van der Waals surface area contributed by atoms with Gasteiger partial charge in [-0.2, -0.15) is 0 Å². The van der Waals surface area contributed by atoms with Gasteiger partial charge in [0.2, 0.25) is 10.9 Å². The number of hydrogen-bond donors (Lipinski definition) is 2. The van der Waals surface area contributed by atoms with Gasteiger partial charge in [-0.05, 0) is 42.7 Å². The highest BCUT2D eigenvalue weighted by atomic mass is 35.5. The lowest BCUT2D eigenvalue weighted by atomic mass is 9.97. The first-order valence-corrected chi connectivity index (χ1v) is 9.84. The Morgan fingerprint density at radius 3 is 2.59 bits per heavy atom. The number of rotatable bonds is 7. The minimum atomic E-state index is -2.82. The number of carbonyl (C=O) groups excluding carboxylic acids is 1. The number of aryl methyl sites for hydroxylation is 1. The van der Waals surface area contributed by atoms with Crippen LogP contribution in [0.2, 0.25) is 5.15 Å². The zero-order valence-electron chi connectivity index (χ0n) is 14.6. The average molecular weight is 444 g/mol. The highest BCUT2D eigenvalue weighted by molar-refractivity contribution is 7.70. The third-order valence-electron chi connectivity index (χ3n) is 4.10. The van der Waals surface area contributed by atoms with E-state index < -0.39 is 39.7 Å². The summed E-state index contributed by atoms with van der Waals surface area (Å²) in [6.45, 7) is -0.00940. The molecule has 1 aromatic heterocycles. The summed E-state index contributed by atoms with van der Waals surface area (Å²) in [6, 6.07) is 4.64. The second kappa shape index (κ2) is 8.85. The van der Waals surface area contributed by atoms with Crippen LogP contribution in [0.15, 0.2) is 30.5 Å². The molecule has 0 saturated carbocycles. The molecular formula is C18H13ClF3N3O3S. The summed E-state index contributed by atoms with van der Waals surface area (Å²) in [7, 11) is -2.82. The van der Waals surface area contributed by atoms with Gasteiger partial charge in [-0.25, -0.2) is 31.3 Å². The zero-order valence-corrected chi connectivity index (χ0v) is 16.2. The Hall–Kier alpha value is -2.56. The maximum absolute atomic E-state index is 14.8. The van der Waals surface area contributed by atoms with E-state index in [4.69, 9.17) is 11.6 Å². The van der Waals surface area contributed by atoms with Crippen molar-refractivity contribution in [2.75, 3.05) is 6.54 Å². The van der Waals surface area contributed by atoms with Gasteiger partial charge in [0.05, 0.1) is 22.8 Å². The van der Waals surface area contributed by atoms with Crippen molar-refractivity contribution in [2.24, 2.45) is 0 Å². The maximum Gasteiger partial charge on any atom is 0.201 e. The Morgan fingerprint density at radius 1 is 1.10 bits per heavy atom. The Kier molecular flexibility index (Phi) is 6.46. The molecule has 6 nitrogen and oxygen atoms in total. The van der Waals surface area contributed by atoms with Gasteiger partial charge in [-0.15, -0.1) is 0 Å². The quantitative estimate of drug-likeness (QED) is 0.254. The molecule has 0 aliphatic heterocycles. The van der Waals surface area contributed by atoms with Crippen molar-refractivity contribution >= 4 is 39.3 Å². The van der Waals surface area contributed by atoms with E-state index in [-0.39, 0.29) is 41.2 Å². The fraction of sp³-hybridized carbons (Fsp3) is 0.167. The van der Waals surface area contributed by atoms with E-state index in [9.17, 15) is 26.4 Å². The molecule has 0 fully saturated rings. The van der Waals surface area contributed by atoms with Crippen molar-refractivity contribution in [2.45, 2.75) is 12.8 Å². The van der Waals surface area contributed by atoms with Crippen LogP contribution in [-0.2, 0) is 17.3 Å². The number of thiol groups is 1. The van der Waals surface area contributed by atoms with E-state index in [0.717, 1.165) is 0 Å². The van der Waals surface area contributed by atoms with Crippen LogP contribution < -0.4 is 4.72 Å². The summed E-state index contributed by atoms with van der Waals surface area (Å²) < 4.78 is 66.1. The van der Waals surface area contributed by atoms with Crippen LogP contribution in [0.3, 0.4) is 0 Å². The number of nitrogens with zero attached hydrogens (tertiary/aromatic N) is 2. The average Bonchev–Trinajstić information content (AvgIpc) is 2.68. The molecule has 1 heterocycles. The highest BCUT2D eigenvalue weighted by Crippen LogP contribution is 2.25. The van der Waals surface area contributed by atoms with Gasteiger partial charge in [0.1, 0.15) is 11.0 Å². The molecule has 0 spiro atoms. The first-order chi connectivity index (χ1) is 13.8. The number of halogens is 4. The topological polar surface area (TPSA) is 89.0 Å². The molecular weight excluding hydrogens is 431 g/mol. The molecule has 0 radical (unpaired) electrons. The Morgan fingerprint density at radius 2 is 1.86 bits per heavy atom. The molecule has 1 N–H and O–H groups in total. The molecule has 2 aromatic carbocycles. The molecule has 0 amide bonds.